The second-order valence-electron chi connectivity index (χ2n) is 7.32. The highest BCUT2D eigenvalue weighted by Crippen LogP contribution is 2.25. The predicted octanol–water partition coefficient (Wildman–Crippen LogP) is 0.531. The Morgan fingerprint density at radius 1 is 1.17 bits per heavy atom. The normalized spacial score (nSPS) is 22.0. The maximum absolute atomic E-state index is 14.2. The number of ether oxygens (including phenoxy) is 1. The monoisotopic (exact) mass is 425 g/mol. The zero-order valence-corrected chi connectivity index (χ0v) is 16.8. The van der Waals surface area contributed by atoms with E-state index in [1.807, 2.05) is 0 Å². The summed E-state index contributed by atoms with van der Waals surface area (Å²) in [5, 5.41) is 6.45. The van der Waals surface area contributed by atoms with Gasteiger partial charge in [-0.2, -0.15) is 22.1 Å². The average Bonchev–Trinajstić information content (AvgIpc) is 3.09. The van der Waals surface area contributed by atoms with Crippen LogP contribution < -0.4 is 5.69 Å². The van der Waals surface area contributed by atoms with Crippen molar-refractivity contribution in [3.8, 4) is 5.69 Å². The van der Waals surface area contributed by atoms with Gasteiger partial charge in [-0.05, 0) is 30.9 Å². The van der Waals surface area contributed by atoms with Gasteiger partial charge in [-0.3, -0.25) is 0 Å². The number of aromatic amines is 1. The summed E-state index contributed by atoms with van der Waals surface area (Å²) in [5.41, 5.74) is -0.381. The van der Waals surface area contributed by atoms with Crippen molar-refractivity contribution in [1.29, 1.82) is 0 Å². The van der Waals surface area contributed by atoms with E-state index in [-0.39, 0.29) is 11.6 Å². The molecule has 2 fully saturated rings. The number of piperidine rings is 1. The standard InChI is InChI=1S/C18H24FN5O4S/c19-15-5-1-2-6-16(15)24-17(20-21-18(24)25)12-14-4-3-7-23(13-14)29(26,27)22-8-10-28-11-9-22/h1-2,5-6,14H,3-4,7-13H2,(H,21,25)/t14-/m0/s1. The van der Waals surface area contributed by atoms with E-state index in [0.717, 1.165) is 12.8 Å². The van der Waals surface area contributed by atoms with Gasteiger partial charge in [0.1, 0.15) is 11.6 Å². The van der Waals surface area contributed by atoms with Gasteiger partial charge in [0, 0.05) is 32.6 Å². The van der Waals surface area contributed by atoms with E-state index < -0.39 is 21.7 Å². The number of hydrogen-bond acceptors (Lipinski definition) is 5. The largest absolute Gasteiger partial charge is 0.379 e. The Labute approximate surface area is 168 Å². The summed E-state index contributed by atoms with van der Waals surface area (Å²) in [6.07, 6.45) is 1.91. The van der Waals surface area contributed by atoms with Crippen LogP contribution >= 0.6 is 0 Å². The molecule has 2 saturated heterocycles. The fraction of sp³-hybridized carbons (Fsp3) is 0.556. The first kappa shape index (κ1) is 20.2. The highest BCUT2D eigenvalue weighted by Gasteiger charge is 2.35. The number of halogens is 1. The number of benzene rings is 1. The van der Waals surface area contributed by atoms with Gasteiger partial charge in [0.15, 0.2) is 0 Å². The molecule has 4 rings (SSSR count). The molecule has 1 atom stereocenters. The van der Waals surface area contributed by atoms with Crippen molar-refractivity contribution in [2.45, 2.75) is 19.3 Å². The van der Waals surface area contributed by atoms with Crippen LogP contribution in [0.3, 0.4) is 0 Å². The number of hydrogen-bond donors (Lipinski definition) is 1. The van der Waals surface area contributed by atoms with Gasteiger partial charge in [0.05, 0.1) is 18.9 Å². The zero-order valence-electron chi connectivity index (χ0n) is 16.0. The first-order chi connectivity index (χ1) is 14.0. The molecule has 11 heteroatoms. The predicted molar refractivity (Wildman–Crippen MR) is 103 cm³/mol. The molecular formula is C18H24FN5O4S. The van der Waals surface area contributed by atoms with Crippen molar-refractivity contribution in [2.24, 2.45) is 5.92 Å². The third-order valence-corrected chi connectivity index (χ3v) is 7.41. The van der Waals surface area contributed by atoms with E-state index in [2.05, 4.69) is 10.2 Å². The Bertz CT molecular complexity index is 1020. The fourth-order valence-electron chi connectivity index (χ4n) is 3.95. The van der Waals surface area contributed by atoms with Crippen LogP contribution in [-0.2, 0) is 21.4 Å². The van der Waals surface area contributed by atoms with Crippen LogP contribution in [-0.4, -0.2) is 71.2 Å². The van der Waals surface area contributed by atoms with Crippen molar-refractivity contribution >= 4 is 10.2 Å². The molecule has 1 aromatic carbocycles. The first-order valence-corrected chi connectivity index (χ1v) is 11.1. The lowest BCUT2D eigenvalue weighted by molar-refractivity contribution is 0.0690. The summed E-state index contributed by atoms with van der Waals surface area (Å²) >= 11 is 0. The zero-order chi connectivity index (χ0) is 20.4. The second kappa shape index (κ2) is 8.34. The molecule has 0 saturated carbocycles. The van der Waals surface area contributed by atoms with E-state index in [1.54, 1.807) is 12.1 Å². The molecule has 0 aliphatic carbocycles. The Morgan fingerprint density at radius 2 is 1.93 bits per heavy atom. The van der Waals surface area contributed by atoms with Gasteiger partial charge in [0.2, 0.25) is 0 Å². The Morgan fingerprint density at radius 3 is 2.69 bits per heavy atom. The van der Waals surface area contributed by atoms with Gasteiger partial charge >= 0.3 is 5.69 Å². The van der Waals surface area contributed by atoms with Gasteiger partial charge in [0.25, 0.3) is 10.2 Å². The molecular weight excluding hydrogens is 401 g/mol. The van der Waals surface area contributed by atoms with Gasteiger partial charge < -0.3 is 4.74 Å². The SMILES string of the molecule is O=c1[nH]nc(C[C@@H]2CCCN(S(=O)(=O)N3CCOCC3)C2)n1-c1ccccc1F. The maximum Gasteiger partial charge on any atom is 0.348 e. The third kappa shape index (κ3) is 4.13. The summed E-state index contributed by atoms with van der Waals surface area (Å²) in [6, 6.07) is 6.01. The van der Waals surface area contributed by atoms with E-state index in [0.29, 0.717) is 51.6 Å². The molecule has 29 heavy (non-hydrogen) atoms. The lowest BCUT2D eigenvalue weighted by Gasteiger charge is -2.36. The van der Waals surface area contributed by atoms with E-state index in [1.165, 1.54) is 25.3 Å². The second-order valence-corrected chi connectivity index (χ2v) is 9.25. The molecule has 0 radical (unpaired) electrons. The number of rotatable bonds is 5. The Balaban J connectivity index is 1.52. The molecule has 1 N–H and O–H groups in total. The van der Waals surface area contributed by atoms with Crippen molar-refractivity contribution in [3.63, 3.8) is 0 Å². The Kier molecular flexibility index (Phi) is 5.81. The first-order valence-electron chi connectivity index (χ1n) is 9.71. The molecule has 2 aromatic rings. The summed E-state index contributed by atoms with van der Waals surface area (Å²) < 4.78 is 49.5. The van der Waals surface area contributed by atoms with E-state index in [4.69, 9.17) is 4.74 Å². The fourth-order valence-corrected chi connectivity index (χ4v) is 5.65. The molecule has 0 spiro atoms. The molecule has 0 amide bonds. The quantitative estimate of drug-likeness (QED) is 0.753. The number of H-pyrrole nitrogens is 1. The lowest BCUT2D eigenvalue weighted by Crippen LogP contribution is -2.51. The van der Waals surface area contributed by atoms with Crippen LogP contribution in [0.5, 0.6) is 0 Å². The van der Waals surface area contributed by atoms with Gasteiger partial charge in [-0.15, -0.1) is 0 Å². The summed E-state index contributed by atoms with van der Waals surface area (Å²) in [4.78, 5) is 12.2. The average molecular weight is 425 g/mol. The van der Waals surface area contributed by atoms with Crippen LogP contribution in [0.1, 0.15) is 18.7 Å². The summed E-state index contributed by atoms with van der Waals surface area (Å²) in [7, 11) is -3.54. The van der Waals surface area contributed by atoms with Crippen molar-refractivity contribution in [2.75, 3.05) is 39.4 Å². The van der Waals surface area contributed by atoms with Crippen molar-refractivity contribution in [1.82, 2.24) is 23.4 Å². The van der Waals surface area contributed by atoms with E-state index >= 15 is 0 Å². The van der Waals surface area contributed by atoms with Gasteiger partial charge in [-0.1, -0.05) is 12.1 Å². The Hall–Kier alpha value is -2.08. The molecule has 3 heterocycles. The highest BCUT2D eigenvalue weighted by molar-refractivity contribution is 7.86. The number of aromatic nitrogens is 3. The molecule has 2 aliphatic heterocycles. The minimum atomic E-state index is -3.54. The third-order valence-electron chi connectivity index (χ3n) is 5.41. The summed E-state index contributed by atoms with van der Waals surface area (Å²) in [5.74, 6) is -0.131. The number of nitrogens with zero attached hydrogens (tertiary/aromatic N) is 4. The van der Waals surface area contributed by atoms with E-state index in [9.17, 15) is 17.6 Å². The van der Waals surface area contributed by atoms with Crippen molar-refractivity contribution < 1.29 is 17.5 Å². The molecule has 0 unspecified atom stereocenters. The number of nitrogens with one attached hydrogen (secondary N) is 1. The minimum absolute atomic E-state index is 0.0136. The van der Waals surface area contributed by atoms with Crippen LogP contribution in [0.4, 0.5) is 4.39 Å². The molecule has 0 bridgehead atoms. The number of morpholine rings is 1. The van der Waals surface area contributed by atoms with Crippen molar-refractivity contribution in [3.05, 3.63) is 46.4 Å². The van der Waals surface area contributed by atoms with Crippen LogP contribution in [0.15, 0.2) is 29.1 Å². The molecule has 158 valence electrons. The van der Waals surface area contributed by atoms with Crippen LogP contribution in [0.25, 0.3) is 5.69 Å². The highest BCUT2D eigenvalue weighted by atomic mass is 32.2. The maximum atomic E-state index is 14.2. The van der Waals surface area contributed by atoms with Crippen LogP contribution in [0, 0.1) is 11.7 Å². The molecule has 1 aromatic heterocycles. The molecule has 2 aliphatic rings. The topological polar surface area (TPSA) is 101 Å². The lowest BCUT2D eigenvalue weighted by atomic mass is 9.96. The molecule has 9 nitrogen and oxygen atoms in total. The minimum Gasteiger partial charge on any atom is -0.379 e. The van der Waals surface area contributed by atoms with Gasteiger partial charge in [-0.25, -0.2) is 18.9 Å². The number of para-hydroxylation sites is 1. The smallest absolute Gasteiger partial charge is 0.348 e. The summed E-state index contributed by atoms with van der Waals surface area (Å²) in [6.45, 7) is 2.33. The van der Waals surface area contributed by atoms with Crippen LogP contribution in [0.2, 0.25) is 0 Å².